The van der Waals surface area contributed by atoms with Gasteiger partial charge in [0.1, 0.15) is 17.7 Å². The molecule has 2 rings (SSSR count). The number of benzene rings is 1. The summed E-state index contributed by atoms with van der Waals surface area (Å²) in [7, 11) is 1.83. The molecule has 1 unspecified atom stereocenters. The maximum absolute atomic E-state index is 13.5. The normalized spacial score (nSPS) is 11.1. The van der Waals surface area contributed by atoms with E-state index in [0.29, 0.717) is 30.8 Å². The summed E-state index contributed by atoms with van der Waals surface area (Å²) in [6.45, 7) is 0.459. The smallest absolute Gasteiger partial charge is 0.220 e. The van der Waals surface area contributed by atoms with Crippen molar-refractivity contribution in [3.8, 4) is 0 Å². The lowest BCUT2D eigenvalue weighted by molar-refractivity contribution is -0.121. The van der Waals surface area contributed by atoms with Crippen molar-refractivity contribution in [3.63, 3.8) is 0 Å². The fourth-order valence-corrected chi connectivity index (χ4v) is 2.13. The lowest BCUT2D eigenvalue weighted by atomic mass is 10.1. The molecule has 0 aliphatic carbocycles. The van der Waals surface area contributed by atoms with Crippen molar-refractivity contribution >= 4 is 30.7 Å². The molecule has 1 amide bonds. The molecule has 23 heavy (non-hydrogen) atoms. The first kappa shape index (κ1) is 21.4. The van der Waals surface area contributed by atoms with E-state index in [1.165, 1.54) is 12.1 Å². The second kappa shape index (κ2) is 10.2. The molecule has 0 fully saturated rings. The van der Waals surface area contributed by atoms with Gasteiger partial charge in [-0.1, -0.05) is 12.1 Å². The molecule has 1 heterocycles. The van der Waals surface area contributed by atoms with E-state index in [0.717, 1.165) is 0 Å². The summed E-state index contributed by atoms with van der Waals surface area (Å²) in [6.07, 6.45) is 4.39. The van der Waals surface area contributed by atoms with Crippen LogP contribution in [0.25, 0.3) is 0 Å². The average molecular weight is 363 g/mol. The van der Waals surface area contributed by atoms with Gasteiger partial charge < -0.3 is 15.6 Å². The SMILES string of the molecule is Cl.Cl.Cn1ccnc1C(NC(=O)CCCN)c1cccc(F)c1. The van der Waals surface area contributed by atoms with Crippen LogP contribution in [0.5, 0.6) is 0 Å². The van der Waals surface area contributed by atoms with E-state index in [2.05, 4.69) is 10.3 Å². The number of nitrogens with one attached hydrogen (secondary N) is 1. The highest BCUT2D eigenvalue weighted by molar-refractivity contribution is 5.85. The van der Waals surface area contributed by atoms with Crippen LogP contribution >= 0.6 is 24.8 Å². The molecule has 2 aromatic rings. The highest BCUT2D eigenvalue weighted by Gasteiger charge is 2.20. The molecule has 1 aromatic carbocycles. The van der Waals surface area contributed by atoms with Gasteiger partial charge in [-0.05, 0) is 30.7 Å². The zero-order valence-corrected chi connectivity index (χ0v) is 14.4. The van der Waals surface area contributed by atoms with Crippen LogP contribution in [0.1, 0.15) is 30.3 Å². The Bertz CT molecular complexity index is 621. The highest BCUT2D eigenvalue weighted by atomic mass is 35.5. The van der Waals surface area contributed by atoms with Gasteiger partial charge in [0.15, 0.2) is 0 Å². The van der Waals surface area contributed by atoms with Crippen LogP contribution in [0.4, 0.5) is 4.39 Å². The minimum Gasteiger partial charge on any atom is -0.342 e. The number of nitrogens with two attached hydrogens (primary N) is 1. The van der Waals surface area contributed by atoms with Gasteiger partial charge in [0.25, 0.3) is 0 Å². The monoisotopic (exact) mass is 362 g/mol. The average Bonchev–Trinajstić information content (AvgIpc) is 2.88. The number of imidazole rings is 1. The fraction of sp³-hybridized carbons (Fsp3) is 0.333. The number of rotatable bonds is 6. The summed E-state index contributed by atoms with van der Waals surface area (Å²) in [5.74, 6) is 0.183. The molecule has 1 aromatic heterocycles. The lowest BCUT2D eigenvalue weighted by Gasteiger charge is -2.19. The Morgan fingerprint density at radius 3 is 2.74 bits per heavy atom. The number of carbonyl (C=O) groups excluding carboxylic acids is 1. The topological polar surface area (TPSA) is 72.9 Å². The van der Waals surface area contributed by atoms with E-state index in [4.69, 9.17) is 5.73 Å². The molecule has 0 radical (unpaired) electrons. The van der Waals surface area contributed by atoms with E-state index >= 15 is 0 Å². The maximum Gasteiger partial charge on any atom is 0.220 e. The van der Waals surface area contributed by atoms with Gasteiger partial charge in [0, 0.05) is 25.9 Å². The summed E-state index contributed by atoms with van der Waals surface area (Å²) >= 11 is 0. The van der Waals surface area contributed by atoms with Gasteiger partial charge in [-0.15, -0.1) is 24.8 Å². The third-order valence-corrected chi connectivity index (χ3v) is 3.21. The quantitative estimate of drug-likeness (QED) is 0.828. The van der Waals surface area contributed by atoms with Gasteiger partial charge in [0.05, 0.1) is 0 Å². The molecule has 0 aliphatic rings. The second-order valence-corrected chi connectivity index (χ2v) is 4.84. The minimum absolute atomic E-state index is 0. The zero-order chi connectivity index (χ0) is 15.2. The summed E-state index contributed by atoms with van der Waals surface area (Å²) in [6, 6.07) is 5.68. The van der Waals surface area contributed by atoms with E-state index in [1.54, 1.807) is 29.1 Å². The predicted octanol–water partition coefficient (Wildman–Crippen LogP) is 2.35. The van der Waals surface area contributed by atoms with E-state index in [9.17, 15) is 9.18 Å². The number of carbonyl (C=O) groups is 1. The fourth-order valence-electron chi connectivity index (χ4n) is 2.13. The summed E-state index contributed by atoms with van der Waals surface area (Å²) in [5, 5.41) is 2.89. The Kier molecular flexibility index (Phi) is 9.48. The lowest BCUT2D eigenvalue weighted by Crippen LogP contribution is -2.31. The number of aromatic nitrogens is 2. The third kappa shape index (κ3) is 5.82. The number of aryl methyl sites for hydroxylation is 1. The molecule has 8 heteroatoms. The van der Waals surface area contributed by atoms with Gasteiger partial charge in [-0.25, -0.2) is 9.37 Å². The van der Waals surface area contributed by atoms with Gasteiger partial charge in [0.2, 0.25) is 5.91 Å². The van der Waals surface area contributed by atoms with Crippen molar-refractivity contribution < 1.29 is 9.18 Å². The number of amides is 1. The summed E-state index contributed by atoms with van der Waals surface area (Å²) in [5.41, 5.74) is 6.07. The number of hydrogen-bond donors (Lipinski definition) is 2. The van der Waals surface area contributed by atoms with Crippen molar-refractivity contribution in [2.24, 2.45) is 12.8 Å². The second-order valence-electron chi connectivity index (χ2n) is 4.84. The predicted molar refractivity (Wildman–Crippen MR) is 92.4 cm³/mol. The standard InChI is InChI=1S/C15H19FN4O.2ClH/c1-20-9-8-18-15(20)14(19-13(21)6-3-7-17)11-4-2-5-12(16)10-11;;/h2,4-5,8-10,14H,3,6-7,17H2,1H3,(H,19,21);2*1H. The Balaban J connectivity index is 0.00000242. The molecule has 0 saturated carbocycles. The van der Waals surface area contributed by atoms with Gasteiger partial charge in [-0.2, -0.15) is 0 Å². The van der Waals surface area contributed by atoms with Crippen LogP contribution in [0.15, 0.2) is 36.7 Å². The molecule has 0 saturated heterocycles. The number of halogens is 3. The molecule has 3 N–H and O–H groups in total. The summed E-state index contributed by atoms with van der Waals surface area (Å²) < 4.78 is 15.3. The van der Waals surface area contributed by atoms with Gasteiger partial charge >= 0.3 is 0 Å². The first-order valence-corrected chi connectivity index (χ1v) is 6.84. The molecule has 1 atom stereocenters. The molecule has 0 spiro atoms. The highest BCUT2D eigenvalue weighted by Crippen LogP contribution is 2.21. The van der Waals surface area contributed by atoms with Gasteiger partial charge in [-0.3, -0.25) is 4.79 Å². The number of nitrogens with zero attached hydrogens (tertiary/aromatic N) is 2. The molecular formula is C15H21Cl2FN4O. The first-order chi connectivity index (χ1) is 10.1. The van der Waals surface area contributed by atoms with Crippen LogP contribution < -0.4 is 11.1 Å². The van der Waals surface area contributed by atoms with Crippen molar-refractivity contribution in [3.05, 3.63) is 53.9 Å². The van der Waals surface area contributed by atoms with Crippen molar-refractivity contribution in [1.29, 1.82) is 0 Å². The van der Waals surface area contributed by atoms with E-state index in [1.807, 2.05) is 7.05 Å². The van der Waals surface area contributed by atoms with Crippen molar-refractivity contribution in [2.75, 3.05) is 6.54 Å². The molecule has 0 bridgehead atoms. The maximum atomic E-state index is 13.5. The van der Waals surface area contributed by atoms with Crippen molar-refractivity contribution in [2.45, 2.75) is 18.9 Å². The minimum atomic E-state index is -0.481. The molecule has 128 valence electrons. The van der Waals surface area contributed by atoms with E-state index < -0.39 is 6.04 Å². The number of hydrogen-bond acceptors (Lipinski definition) is 3. The summed E-state index contributed by atoms with van der Waals surface area (Å²) in [4.78, 5) is 16.2. The Morgan fingerprint density at radius 1 is 1.43 bits per heavy atom. The van der Waals surface area contributed by atoms with Crippen LogP contribution in [0, 0.1) is 5.82 Å². The first-order valence-electron chi connectivity index (χ1n) is 6.84. The molecular weight excluding hydrogens is 342 g/mol. The van der Waals surface area contributed by atoms with Crippen molar-refractivity contribution in [1.82, 2.24) is 14.9 Å². The van der Waals surface area contributed by atoms with E-state index in [-0.39, 0.29) is 36.5 Å². The zero-order valence-electron chi connectivity index (χ0n) is 12.7. The van der Waals surface area contributed by atoms with Crippen LogP contribution in [-0.4, -0.2) is 22.0 Å². The third-order valence-electron chi connectivity index (χ3n) is 3.21. The van der Waals surface area contributed by atoms with Crippen LogP contribution in [-0.2, 0) is 11.8 Å². The molecule has 0 aliphatic heterocycles. The molecule has 5 nitrogen and oxygen atoms in total. The Morgan fingerprint density at radius 2 is 2.17 bits per heavy atom. The largest absolute Gasteiger partial charge is 0.342 e. The van der Waals surface area contributed by atoms with Crippen LogP contribution in [0.2, 0.25) is 0 Å². The Hall–Kier alpha value is -1.63. The van der Waals surface area contributed by atoms with Crippen LogP contribution in [0.3, 0.4) is 0 Å². The Labute approximate surface area is 147 Å².